The number of likely N-dealkylation sites (N-methyl/N-ethyl adjacent to an activating group) is 2. The molecule has 28 heavy (non-hydrogen) atoms. The maximum Gasteiger partial charge on any atom is 0.191 e. The van der Waals surface area contributed by atoms with Crippen molar-refractivity contribution in [3.05, 3.63) is 35.4 Å². The zero-order valence-electron chi connectivity index (χ0n) is 18.6. The van der Waals surface area contributed by atoms with Gasteiger partial charge in [-0.25, -0.2) is 0 Å². The average molecular weight is 502 g/mol. The highest BCUT2D eigenvalue weighted by molar-refractivity contribution is 14.0. The van der Waals surface area contributed by atoms with Crippen molar-refractivity contribution < 1.29 is 0 Å². The molecule has 1 aromatic carbocycles. The van der Waals surface area contributed by atoms with Crippen molar-refractivity contribution in [2.45, 2.75) is 45.6 Å². The summed E-state index contributed by atoms with van der Waals surface area (Å²) in [5.74, 6) is 0.922. The van der Waals surface area contributed by atoms with E-state index in [2.05, 4.69) is 86.5 Å². The summed E-state index contributed by atoms with van der Waals surface area (Å²) in [6.45, 7) is 14.8. The van der Waals surface area contributed by atoms with Crippen LogP contribution in [-0.4, -0.2) is 75.2 Å². The first-order valence-corrected chi connectivity index (χ1v) is 10.3. The van der Waals surface area contributed by atoms with E-state index in [4.69, 9.17) is 4.99 Å². The van der Waals surface area contributed by atoms with Crippen LogP contribution in [0.5, 0.6) is 0 Å². The maximum absolute atomic E-state index is 4.83. The quantitative estimate of drug-likeness (QED) is 0.358. The van der Waals surface area contributed by atoms with Crippen LogP contribution >= 0.6 is 24.0 Å². The van der Waals surface area contributed by atoms with Crippen LogP contribution in [0.1, 0.15) is 38.8 Å². The Morgan fingerprint density at radius 3 is 2.39 bits per heavy atom. The number of hydrogen-bond donors (Lipinski definition) is 2. The van der Waals surface area contributed by atoms with Gasteiger partial charge >= 0.3 is 0 Å². The molecule has 5 nitrogen and oxygen atoms in total. The summed E-state index contributed by atoms with van der Waals surface area (Å²) in [5, 5.41) is 6.86. The summed E-state index contributed by atoms with van der Waals surface area (Å²) in [6.07, 6.45) is 1.00. The zero-order chi connectivity index (χ0) is 19.9. The van der Waals surface area contributed by atoms with Gasteiger partial charge in [-0.15, -0.1) is 24.0 Å². The molecule has 2 N–H and O–H groups in total. The van der Waals surface area contributed by atoms with Gasteiger partial charge in [-0.2, -0.15) is 0 Å². The molecule has 0 aromatic heterocycles. The first-order valence-electron chi connectivity index (χ1n) is 10.3. The van der Waals surface area contributed by atoms with E-state index < -0.39 is 0 Å². The molecule has 6 heteroatoms. The van der Waals surface area contributed by atoms with Crippen molar-refractivity contribution >= 4 is 29.9 Å². The molecule has 0 aliphatic carbocycles. The van der Waals surface area contributed by atoms with Crippen LogP contribution in [0.15, 0.2) is 29.3 Å². The van der Waals surface area contributed by atoms with E-state index in [1.165, 1.54) is 11.1 Å². The minimum atomic E-state index is 0. The van der Waals surface area contributed by atoms with Gasteiger partial charge in [0.05, 0.1) is 6.54 Å². The number of benzene rings is 1. The van der Waals surface area contributed by atoms with Crippen LogP contribution in [0, 0.1) is 0 Å². The maximum atomic E-state index is 4.83. The lowest BCUT2D eigenvalue weighted by atomic mass is 9.86. The molecule has 0 saturated carbocycles. The predicted octanol–water partition coefficient (Wildman–Crippen LogP) is 2.95. The molecular weight excluding hydrogens is 461 g/mol. The van der Waals surface area contributed by atoms with Crippen LogP contribution in [0.3, 0.4) is 0 Å². The predicted molar refractivity (Wildman–Crippen MR) is 132 cm³/mol. The number of guanidine groups is 1. The summed E-state index contributed by atoms with van der Waals surface area (Å²) in [4.78, 5) is 9.64. The smallest absolute Gasteiger partial charge is 0.191 e. The van der Waals surface area contributed by atoms with E-state index >= 15 is 0 Å². The topological polar surface area (TPSA) is 42.9 Å². The third kappa shape index (κ3) is 8.25. The van der Waals surface area contributed by atoms with Crippen molar-refractivity contribution in [2.75, 3.05) is 53.4 Å². The fourth-order valence-corrected chi connectivity index (χ4v) is 3.33. The van der Waals surface area contributed by atoms with Crippen molar-refractivity contribution in [1.82, 2.24) is 20.4 Å². The monoisotopic (exact) mass is 501 g/mol. The van der Waals surface area contributed by atoms with Gasteiger partial charge in [0.25, 0.3) is 0 Å². The molecule has 1 saturated heterocycles. The Morgan fingerprint density at radius 2 is 1.79 bits per heavy atom. The summed E-state index contributed by atoms with van der Waals surface area (Å²) >= 11 is 0. The number of aliphatic imine (C=N–C) groups is 1. The minimum Gasteiger partial charge on any atom is -0.357 e. The first-order chi connectivity index (χ1) is 12.8. The summed E-state index contributed by atoms with van der Waals surface area (Å²) < 4.78 is 0. The van der Waals surface area contributed by atoms with Crippen molar-refractivity contribution in [1.29, 1.82) is 0 Å². The molecule has 1 aromatic rings. The largest absolute Gasteiger partial charge is 0.357 e. The van der Waals surface area contributed by atoms with Crippen LogP contribution in [-0.2, 0) is 11.8 Å². The molecule has 0 amide bonds. The second kappa shape index (κ2) is 12.0. The lowest BCUT2D eigenvalue weighted by Crippen LogP contribution is -2.51. The van der Waals surface area contributed by atoms with E-state index in [-0.39, 0.29) is 29.4 Å². The Bertz CT molecular complexity index is 594. The normalized spacial score (nSPS) is 19.2. The summed E-state index contributed by atoms with van der Waals surface area (Å²) in [7, 11) is 4.40. The van der Waals surface area contributed by atoms with E-state index in [1.807, 2.05) is 0 Å². The lowest BCUT2D eigenvalue weighted by Gasteiger charge is -2.36. The Morgan fingerprint density at radius 1 is 1.11 bits per heavy atom. The van der Waals surface area contributed by atoms with Crippen molar-refractivity contribution in [3.8, 4) is 0 Å². The number of rotatable bonds is 6. The van der Waals surface area contributed by atoms with Gasteiger partial charge in [0.2, 0.25) is 0 Å². The Labute approximate surface area is 189 Å². The van der Waals surface area contributed by atoms with Crippen LogP contribution < -0.4 is 10.6 Å². The molecule has 1 unspecified atom stereocenters. The fourth-order valence-electron chi connectivity index (χ4n) is 3.33. The van der Waals surface area contributed by atoms with E-state index in [1.54, 1.807) is 0 Å². The molecule has 0 bridgehead atoms. The standard InChI is InChI=1S/C22H39N5.HI/c1-7-23-21(25-16-20-17-26(5)14-15-27(20)6)24-13-12-18-8-10-19(11-9-18)22(2,3)4;/h8-11,20H,7,12-17H2,1-6H3,(H2,23,24,25);1H. The number of hydrogen-bond acceptors (Lipinski definition) is 3. The molecule has 1 atom stereocenters. The van der Waals surface area contributed by atoms with Crippen LogP contribution in [0.25, 0.3) is 0 Å². The third-order valence-electron chi connectivity index (χ3n) is 5.31. The minimum absolute atomic E-state index is 0. The first kappa shape index (κ1) is 25.2. The molecule has 0 radical (unpaired) electrons. The average Bonchev–Trinajstić information content (AvgIpc) is 2.62. The van der Waals surface area contributed by atoms with Crippen molar-refractivity contribution in [2.24, 2.45) is 4.99 Å². The van der Waals surface area contributed by atoms with E-state index in [0.717, 1.165) is 51.6 Å². The fraction of sp³-hybridized carbons (Fsp3) is 0.682. The van der Waals surface area contributed by atoms with Gasteiger partial charge in [-0.1, -0.05) is 45.0 Å². The molecule has 1 aliphatic heterocycles. The summed E-state index contributed by atoms with van der Waals surface area (Å²) in [6, 6.07) is 9.50. The molecule has 1 fully saturated rings. The SMILES string of the molecule is CCNC(=NCC1CN(C)CCN1C)NCCc1ccc(C(C)(C)C)cc1.I. The highest BCUT2D eigenvalue weighted by Crippen LogP contribution is 2.22. The van der Waals surface area contributed by atoms with Crippen LogP contribution in [0.2, 0.25) is 0 Å². The van der Waals surface area contributed by atoms with Gasteiger partial charge < -0.3 is 15.5 Å². The van der Waals surface area contributed by atoms with Gasteiger partial charge in [0.1, 0.15) is 0 Å². The second-order valence-corrected chi connectivity index (χ2v) is 8.74. The molecule has 2 rings (SSSR count). The summed E-state index contributed by atoms with van der Waals surface area (Å²) in [5.41, 5.74) is 2.96. The number of halogens is 1. The highest BCUT2D eigenvalue weighted by Gasteiger charge is 2.21. The Hall–Kier alpha value is -0.860. The van der Waals surface area contributed by atoms with E-state index in [9.17, 15) is 0 Å². The van der Waals surface area contributed by atoms with E-state index in [0.29, 0.717) is 6.04 Å². The zero-order valence-corrected chi connectivity index (χ0v) is 20.9. The third-order valence-corrected chi connectivity index (χ3v) is 5.31. The van der Waals surface area contributed by atoms with Gasteiger partial charge in [0, 0.05) is 38.8 Å². The lowest BCUT2D eigenvalue weighted by molar-refractivity contribution is 0.119. The molecule has 0 spiro atoms. The highest BCUT2D eigenvalue weighted by atomic mass is 127. The molecule has 160 valence electrons. The second-order valence-electron chi connectivity index (χ2n) is 8.74. The van der Waals surface area contributed by atoms with Crippen molar-refractivity contribution in [3.63, 3.8) is 0 Å². The molecule has 1 aliphatic rings. The van der Waals surface area contributed by atoms with Gasteiger partial charge in [-0.3, -0.25) is 9.89 Å². The van der Waals surface area contributed by atoms with Gasteiger partial charge in [0.15, 0.2) is 5.96 Å². The molecule has 1 heterocycles. The Balaban J connectivity index is 0.00000392. The number of nitrogens with one attached hydrogen (secondary N) is 2. The number of nitrogens with zero attached hydrogens (tertiary/aromatic N) is 3. The van der Waals surface area contributed by atoms with Crippen LogP contribution in [0.4, 0.5) is 0 Å². The van der Waals surface area contributed by atoms with Gasteiger partial charge in [-0.05, 0) is 44.0 Å². The molecular formula is C22H40IN5. The number of piperazine rings is 1. The Kier molecular flexibility index (Phi) is 10.8.